The molecule has 0 aliphatic carbocycles. The molecule has 0 aromatic heterocycles. The van der Waals surface area contributed by atoms with Crippen molar-refractivity contribution in [3.8, 4) is 0 Å². The molecule has 21 heavy (non-hydrogen) atoms. The number of piperidine rings is 1. The molecule has 2 aliphatic heterocycles. The molecule has 0 radical (unpaired) electrons. The van der Waals surface area contributed by atoms with Crippen molar-refractivity contribution in [2.75, 3.05) is 33.2 Å². The van der Waals surface area contributed by atoms with Crippen molar-refractivity contribution < 1.29 is 4.79 Å². The minimum atomic E-state index is 0.0528. The molecule has 1 unspecified atom stereocenters. The van der Waals surface area contributed by atoms with Gasteiger partial charge in [-0.05, 0) is 51.4 Å². The fourth-order valence-corrected chi connectivity index (χ4v) is 3.41. The first kappa shape index (κ1) is 14.5. The Kier molecular flexibility index (Phi) is 4.27. The lowest BCUT2D eigenvalue weighted by atomic mass is 9.96. The topological polar surface area (TPSA) is 35.6 Å². The van der Waals surface area contributed by atoms with Crippen LogP contribution < -0.4 is 5.32 Å². The summed E-state index contributed by atoms with van der Waals surface area (Å²) < 4.78 is 0. The van der Waals surface area contributed by atoms with E-state index in [1.54, 1.807) is 0 Å². The predicted molar refractivity (Wildman–Crippen MR) is 83.9 cm³/mol. The first-order chi connectivity index (χ1) is 10.1. The molecule has 114 valence electrons. The minimum Gasteiger partial charge on any atom is -0.322 e. The third-order valence-electron chi connectivity index (χ3n) is 4.73. The lowest BCUT2D eigenvalue weighted by molar-refractivity contribution is -0.128. The van der Waals surface area contributed by atoms with E-state index in [9.17, 15) is 4.79 Å². The molecule has 1 aromatic rings. The van der Waals surface area contributed by atoms with Crippen LogP contribution in [0.4, 0.5) is 0 Å². The number of nitrogens with zero attached hydrogens (tertiary/aromatic N) is 2. The van der Waals surface area contributed by atoms with Gasteiger partial charge in [0.15, 0.2) is 0 Å². The zero-order valence-corrected chi connectivity index (χ0v) is 13.0. The van der Waals surface area contributed by atoms with Crippen LogP contribution >= 0.6 is 0 Å². The second-order valence-electron chi connectivity index (χ2n) is 6.49. The van der Waals surface area contributed by atoms with Crippen LogP contribution in [0, 0.1) is 12.8 Å². The summed E-state index contributed by atoms with van der Waals surface area (Å²) in [5, 5.41) is 3.36. The van der Waals surface area contributed by atoms with Gasteiger partial charge in [0.2, 0.25) is 5.91 Å². The number of likely N-dealkylation sites (tertiary alicyclic amines) is 1. The monoisotopic (exact) mass is 287 g/mol. The van der Waals surface area contributed by atoms with Crippen molar-refractivity contribution in [3.63, 3.8) is 0 Å². The van der Waals surface area contributed by atoms with Crippen LogP contribution in [0.25, 0.3) is 0 Å². The molecule has 2 saturated heterocycles. The largest absolute Gasteiger partial charge is 0.322 e. The van der Waals surface area contributed by atoms with Crippen LogP contribution in [-0.2, 0) is 4.79 Å². The van der Waals surface area contributed by atoms with E-state index < -0.39 is 0 Å². The first-order valence-corrected chi connectivity index (χ1v) is 7.91. The number of carbonyl (C=O) groups is 1. The van der Waals surface area contributed by atoms with E-state index in [-0.39, 0.29) is 12.1 Å². The summed E-state index contributed by atoms with van der Waals surface area (Å²) in [5.41, 5.74) is 2.45. The van der Waals surface area contributed by atoms with E-state index >= 15 is 0 Å². The summed E-state index contributed by atoms with van der Waals surface area (Å²) in [6.45, 7) is 5.75. The SMILES string of the molecule is Cc1cccc(C2NCC(=O)N2CC2CCN(C)CC2)c1. The Morgan fingerprint density at radius 3 is 2.76 bits per heavy atom. The third kappa shape index (κ3) is 3.27. The Bertz CT molecular complexity index is 509. The zero-order valence-electron chi connectivity index (χ0n) is 13.0. The molecule has 0 spiro atoms. The van der Waals surface area contributed by atoms with Gasteiger partial charge < -0.3 is 9.80 Å². The Morgan fingerprint density at radius 1 is 1.29 bits per heavy atom. The van der Waals surface area contributed by atoms with Crippen molar-refractivity contribution in [3.05, 3.63) is 35.4 Å². The van der Waals surface area contributed by atoms with Crippen molar-refractivity contribution in [2.45, 2.75) is 25.9 Å². The molecule has 2 heterocycles. The van der Waals surface area contributed by atoms with Gasteiger partial charge >= 0.3 is 0 Å². The Hall–Kier alpha value is -1.39. The van der Waals surface area contributed by atoms with Crippen molar-refractivity contribution in [2.24, 2.45) is 5.92 Å². The van der Waals surface area contributed by atoms with E-state index in [0.717, 1.165) is 19.6 Å². The van der Waals surface area contributed by atoms with Gasteiger partial charge in [-0.25, -0.2) is 0 Å². The summed E-state index contributed by atoms with van der Waals surface area (Å²) in [6, 6.07) is 8.47. The maximum atomic E-state index is 12.2. The van der Waals surface area contributed by atoms with Crippen LogP contribution in [0.3, 0.4) is 0 Å². The molecule has 0 bridgehead atoms. The van der Waals surface area contributed by atoms with Gasteiger partial charge in [0, 0.05) is 6.54 Å². The summed E-state index contributed by atoms with van der Waals surface area (Å²) >= 11 is 0. The van der Waals surface area contributed by atoms with Gasteiger partial charge in [-0.3, -0.25) is 10.1 Å². The number of benzene rings is 1. The van der Waals surface area contributed by atoms with Crippen molar-refractivity contribution in [1.82, 2.24) is 15.1 Å². The highest BCUT2D eigenvalue weighted by Crippen LogP contribution is 2.27. The quantitative estimate of drug-likeness (QED) is 0.920. The molecule has 1 atom stereocenters. The van der Waals surface area contributed by atoms with Crippen LogP contribution in [0.15, 0.2) is 24.3 Å². The van der Waals surface area contributed by atoms with Crippen LogP contribution in [0.1, 0.15) is 30.1 Å². The van der Waals surface area contributed by atoms with Crippen LogP contribution in [0.2, 0.25) is 0 Å². The number of hydrogen-bond acceptors (Lipinski definition) is 3. The van der Waals surface area contributed by atoms with Gasteiger partial charge in [-0.2, -0.15) is 0 Å². The summed E-state index contributed by atoms with van der Waals surface area (Å²) in [5.74, 6) is 0.873. The molecular formula is C17H25N3O. The number of carbonyl (C=O) groups excluding carboxylic acids is 1. The minimum absolute atomic E-state index is 0.0528. The van der Waals surface area contributed by atoms with E-state index in [0.29, 0.717) is 12.5 Å². The van der Waals surface area contributed by atoms with E-state index in [1.165, 1.54) is 24.0 Å². The van der Waals surface area contributed by atoms with Gasteiger partial charge in [0.05, 0.1) is 6.54 Å². The third-order valence-corrected chi connectivity index (χ3v) is 4.73. The van der Waals surface area contributed by atoms with Crippen LogP contribution in [-0.4, -0.2) is 48.9 Å². The lowest BCUT2D eigenvalue weighted by Crippen LogP contribution is -2.39. The van der Waals surface area contributed by atoms with E-state index in [2.05, 4.69) is 48.5 Å². The molecule has 2 aliphatic rings. The number of rotatable bonds is 3. The average molecular weight is 287 g/mol. The predicted octanol–water partition coefficient (Wildman–Crippen LogP) is 1.77. The van der Waals surface area contributed by atoms with Gasteiger partial charge in [-0.1, -0.05) is 29.8 Å². The molecule has 1 aromatic carbocycles. The maximum absolute atomic E-state index is 12.2. The lowest BCUT2D eigenvalue weighted by Gasteiger charge is -2.33. The standard InChI is InChI=1S/C17H25N3O/c1-13-4-3-5-15(10-13)17-18-11-16(21)20(17)12-14-6-8-19(2)9-7-14/h3-5,10,14,17-18H,6-9,11-12H2,1-2H3. The second kappa shape index (κ2) is 6.16. The first-order valence-electron chi connectivity index (χ1n) is 7.91. The molecule has 2 fully saturated rings. The van der Waals surface area contributed by atoms with Gasteiger partial charge in [0.1, 0.15) is 6.17 Å². The highest BCUT2D eigenvalue weighted by molar-refractivity contribution is 5.81. The normalized spacial score (nSPS) is 24.8. The van der Waals surface area contributed by atoms with Crippen molar-refractivity contribution in [1.29, 1.82) is 0 Å². The average Bonchev–Trinajstić information content (AvgIpc) is 2.83. The second-order valence-corrected chi connectivity index (χ2v) is 6.49. The smallest absolute Gasteiger partial charge is 0.238 e. The van der Waals surface area contributed by atoms with Gasteiger partial charge in [0.25, 0.3) is 0 Å². The molecule has 1 N–H and O–H groups in total. The van der Waals surface area contributed by atoms with Crippen molar-refractivity contribution >= 4 is 5.91 Å². The Morgan fingerprint density at radius 2 is 2.05 bits per heavy atom. The molecular weight excluding hydrogens is 262 g/mol. The highest BCUT2D eigenvalue weighted by Gasteiger charge is 2.33. The fraction of sp³-hybridized carbons (Fsp3) is 0.588. The molecule has 3 rings (SSSR count). The summed E-state index contributed by atoms with van der Waals surface area (Å²) in [7, 11) is 2.17. The molecule has 1 amide bonds. The Balaban J connectivity index is 1.71. The summed E-state index contributed by atoms with van der Waals surface area (Å²) in [4.78, 5) is 16.7. The maximum Gasteiger partial charge on any atom is 0.238 e. The highest BCUT2D eigenvalue weighted by atomic mass is 16.2. The number of nitrogens with one attached hydrogen (secondary N) is 1. The van der Waals surface area contributed by atoms with E-state index in [1.807, 2.05) is 4.90 Å². The zero-order chi connectivity index (χ0) is 14.8. The Labute approximate surface area is 127 Å². The summed E-state index contributed by atoms with van der Waals surface area (Å²) in [6.07, 6.45) is 2.44. The fourth-order valence-electron chi connectivity index (χ4n) is 3.41. The molecule has 4 nitrogen and oxygen atoms in total. The van der Waals surface area contributed by atoms with E-state index in [4.69, 9.17) is 0 Å². The van der Waals surface area contributed by atoms with Gasteiger partial charge in [-0.15, -0.1) is 0 Å². The number of amides is 1. The molecule has 4 heteroatoms. The molecule has 0 saturated carbocycles. The number of aryl methyl sites for hydroxylation is 1. The number of hydrogen-bond donors (Lipinski definition) is 1. The van der Waals surface area contributed by atoms with Crippen LogP contribution in [0.5, 0.6) is 0 Å².